The van der Waals surface area contributed by atoms with Crippen LogP contribution in [0, 0.1) is 5.92 Å². The summed E-state index contributed by atoms with van der Waals surface area (Å²) in [6, 6.07) is 8.85. The van der Waals surface area contributed by atoms with Gasteiger partial charge in [0, 0.05) is 18.5 Å². The highest BCUT2D eigenvalue weighted by molar-refractivity contribution is 5.79. The van der Waals surface area contributed by atoms with Gasteiger partial charge in [-0.3, -0.25) is 4.79 Å². The van der Waals surface area contributed by atoms with Crippen molar-refractivity contribution in [2.75, 3.05) is 13.1 Å². The van der Waals surface area contributed by atoms with Gasteiger partial charge in [-0.1, -0.05) is 24.3 Å². The van der Waals surface area contributed by atoms with Crippen LogP contribution in [-0.4, -0.2) is 25.0 Å². The van der Waals surface area contributed by atoms with Gasteiger partial charge in [-0.15, -0.1) is 0 Å². The van der Waals surface area contributed by atoms with Gasteiger partial charge in [-0.2, -0.15) is 0 Å². The highest BCUT2D eigenvalue weighted by Crippen LogP contribution is 2.25. The van der Waals surface area contributed by atoms with Crippen molar-refractivity contribution in [1.29, 1.82) is 0 Å². The summed E-state index contributed by atoms with van der Waals surface area (Å²) in [6.07, 6.45) is 5.21. The van der Waals surface area contributed by atoms with Gasteiger partial charge < -0.3 is 10.6 Å². The fourth-order valence-electron chi connectivity index (χ4n) is 3.22. The first-order chi connectivity index (χ1) is 9.33. The lowest BCUT2D eigenvalue weighted by molar-refractivity contribution is -0.126. The molecule has 3 rings (SSSR count). The molecule has 1 heterocycles. The van der Waals surface area contributed by atoms with Gasteiger partial charge in [-0.25, -0.2) is 0 Å². The van der Waals surface area contributed by atoms with E-state index in [1.165, 1.54) is 17.5 Å². The molecule has 1 aromatic carbocycles. The SMILES string of the molecule is O=C(N[C@@H]1CCCNC1)C1CCc2ccccc2C1. The van der Waals surface area contributed by atoms with Crippen molar-refractivity contribution in [3.8, 4) is 0 Å². The monoisotopic (exact) mass is 258 g/mol. The summed E-state index contributed by atoms with van der Waals surface area (Å²) < 4.78 is 0. The lowest BCUT2D eigenvalue weighted by atomic mass is 9.83. The zero-order chi connectivity index (χ0) is 13.1. The Morgan fingerprint density at radius 3 is 2.84 bits per heavy atom. The standard InChI is InChI=1S/C16H22N2O/c19-16(18-15-6-3-9-17-11-15)14-8-7-12-4-1-2-5-13(12)10-14/h1-2,4-5,14-15,17H,3,6-11H2,(H,18,19)/t14?,15-/m1/s1. The number of rotatable bonds is 2. The highest BCUT2D eigenvalue weighted by Gasteiger charge is 2.26. The van der Waals surface area contributed by atoms with E-state index in [4.69, 9.17) is 0 Å². The summed E-state index contributed by atoms with van der Waals surface area (Å²) >= 11 is 0. The van der Waals surface area contributed by atoms with Crippen molar-refractivity contribution in [2.24, 2.45) is 5.92 Å². The van der Waals surface area contributed by atoms with Crippen LogP contribution in [0.15, 0.2) is 24.3 Å². The Labute approximate surface area is 114 Å². The maximum Gasteiger partial charge on any atom is 0.223 e. The predicted molar refractivity (Wildman–Crippen MR) is 76.0 cm³/mol. The third-order valence-electron chi connectivity index (χ3n) is 4.36. The molecule has 2 aliphatic rings. The topological polar surface area (TPSA) is 41.1 Å². The van der Waals surface area contributed by atoms with Gasteiger partial charge in [0.1, 0.15) is 0 Å². The van der Waals surface area contributed by atoms with E-state index in [1.54, 1.807) is 0 Å². The third-order valence-corrected chi connectivity index (χ3v) is 4.36. The van der Waals surface area contributed by atoms with Crippen LogP contribution < -0.4 is 10.6 Å². The van der Waals surface area contributed by atoms with E-state index < -0.39 is 0 Å². The minimum Gasteiger partial charge on any atom is -0.352 e. The number of fused-ring (bicyclic) bond motifs is 1. The maximum atomic E-state index is 12.3. The van der Waals surface area contributed by atoms with E-state index in [2.05, 4.69) is 34.9 Å². The summed E-state index contributed by atoms with van der Waals surface area (Å²) in [7, 11) is 0. The van der Waals surface area contributed by atoms with Gasteiger partial charge in [0.25, 0.3) is 0 Å². The van der Waals surface area contributed by atoms with Crippen molar-refractivity contribution in [3.63, 3.8) is 0 Å². The van der Waals surface area contributed by atoms with E-state index in [0.717, 1.165) is 38.8 Å². The molecule has 19 heavy (non-hydrogen) atoms. The molecule has 1 aliphatic carbocycles. The number of nitrogens with one attached hydrogen (secondary N) is 2. The molecule has 0 saturated carbocycles. The van der Waals surface area contributed by atoms with Crippen molar-refractivity contribution in [2.45, 2.75) is 38.1 Å². The number of aryl methyl sites for hydroxylation is 1. The van der Waals surface area contributed by atoms with Gasteiger partial charge in [0.05, 0.1) is 0 Å². The van der Waals surface area contributed by atoms with Crippen molar-refractivity contribution in [1.82, 2.24) is 10.6 Å². The lowest BCUT2D eigenvalue weighted by Crippen LogP contribution is -2.48. The van der Waals surface area contributed by atoms with E-state index in [0.29, 0.717) is 6.04 Å². The first-order valence-electron chi connectivity index (χ1n) is 7.41. The van der Waals surface area contributed by atoms with Gasteiger partial charge >= 0.3 is 0 Å². The molecule has 1 unspecified atom stereocenters. The molecule has 1 saturated heterocycles. The molecule has 1 fully saturated rings. The molecule has 0 spiro atoms. The quantitative estimate of drug-likeness (QED) is 0.847. The van der Waals surface area contributed by atoms with E-state index >= 15 is 0 Å². The maximum absolute atomic E-state index is 12.3. The summed E-state index contributed by atoms with van der Waals surface area (Å²) in [4.78, 5) is 12.3. The summed E-state index contributed by atoms with van der Waals surface area (Å²) in [5.41, 5.74) is 2.78. The summed E-state index contributed by atoms with van der Waals surface area (Å²) in [5.74, 6) is 0.417. The zero-order valence-electron chi connectivity index (χ0n) is 11.3. The largest absolute Gasteiger partial charge is 0.352 e. The third kappa shape index (κ3) is 2.98. The minimum atomic E-state index is 0.164. The minimum absolute atomic E-state index is 0.164. The number of hydrogen-bond acceptors (Lipinski definition) is 2. The normalized spacial score (nSPS) is 26.5. The van der Waals surface area contributed by atoms with E-state index in [9.17, 15) is 4.79 Å². The number of benzene rings is 1. The second-order valence-corrected chi connectivity index (χ2v) is 5.76. The molecule has 102 valence electrons. The van der Waals surface area contributed by atoms with Crippen LogP contribution in [0.3, 0.4) is 0 Å². The van der Waals surface area contributed by atoms with Gasteiger partial charge in [0.2, 0.25) is 5.91 Å². The van der Waals surface area contributed by atoms with Gasteiger partial charge in [-0.05, 0) is 49.8 Å². The smallest absolute Gasteiger partial charge is 0.223 e. The molecule has 2 N–H and O–H groups in total. The second kappa shape index (κ2) is 5.74. The van der Waals surface area contributed by atoms with Crippen LogP contribution in [0.2, 0.25) is 0 Å². The number of carbonyl (C=O) groups excluding carboxylic acids is 1. The zero-order valence-corrected chi connectivity index (χ0v) is 11.3. The Morgan fingerprint density at radius 2 is 2.05 bits per heavy atom. The summed E-state index contributed by atoms with van der Waals surface area (Å²) in [5, 5.41) is 6.56. The van der Waals surface area contributed by atoms with E-state index in [-0.39, 0.29) is 11.8 Å². The predicted octanol–water partition coefficient (Wildman–Crippen LogP) is 1.66. The molecule has 0 bridgehead atoms. The van der Waals surface area contributed by atoms with E-state index in [1.807, 2.05) is 0 Å². The van der Waals surface area contributed by atoms with Crippen LogP contribution >= 0.6 is 0 Å². The molecule has 0 aromatic heterocycles. The van der Waals surface area contributed by atoms with Crippen molar-refractivity contribution in [3.05, 3.63) is 35.4 Å². The molecule has 1 amide bonds. The number of piperidine rings is 1. The molecule has 3 nitrogen and oxygen atoms in total. The van der Waals surface area contributed by atoms with Crippen LogP contribution in [0.25, 0.3) is 0 Å². The molecule has 0 radical (unpaired) electrons. The Hall–Kier alpha value is -1.35. The average Bonchev–Trinajstić information content (AvgIpc) is 2.48. The number of carbonyl (C=O) groups is 1. The number of hydrogen-bond donors (Lipinski definition) is 2. The Kier molecular flexibility index (Phi) is 3.83. The highest BCUT2D eigenvalue weighted by atomic mass is 16.1. The van der Waals surface area contributed by atoms with Crippen molar-refractivity contribution < 1.29 is 4.79 Å². The fourth-order valence-corrected chi connectivity index (χ4v) is 3.22. The lowest BCUT2D eigenvalue weighted by Gasteiger charge is -2.28. The average molecular weight is 258 g/mol. The number of amides is 1. The Bertz CT molecular complexity index is 452. The van der Waals surface area contributed by atoms with Crippen LogP contribution in [-0.2, 0) is 17.6 Å². The summed E-state index contributed by atoms with van der Waals surface area (Å²) in [6.45, 7) is 2.01. The second-order valence-electron chi connectivity index (χ2n) is 5.76. The first-order valence-corrected chi connectivity index (χ1v) is 7.41. The van der Waals surface area contributed by atoms with Crippen molar-refractivity contribution >= 4 is 5.91 Å². The molecule has 2 atom stereocenters. The molecule has 1 aromatic rings. The van der Waals surface area contributed by atoms with Gasteiger partial charge in [0.15, 0.2) is 0 Å². The Balaban J connectivity index is 1.59. The molecular formula is C16H22N2O. The van der Waals surface area contributed by atoms with Crippen LogP contribution in [0.5, 0.6) is 0 Å². The van der Waals surface area contributed by atoms with Crippen LogP contribution in [0.1, 0.15) is 30.4 Å². The Morgan fingerprint density at radius 1 is 1.21 bits per heavy atom. The fraction of sp³-hybridized carbons (Fsp3) is 0.562. The first kappa shape index (κ1) is 12.7. The van der Waals surface area contributed by atoms with Crippen LogP contribution in [0.4, 0.5) is 0 Å². The molecule has 3 heteroatoms. The molecular weight excluding hydrogens is 236 g/mol. The molecule has 1 aliphatic heterocycles.